The van der Waals surface area contributed by atoms with E-state index in [9.17, 15) is 14.4 Å². The number of fused-ring (bicyclic) bond motifs is 2. The van der Waals surface area contributed by atoms with Crippen LogP contribution in [0.1, 0.15) is 6.42 Å². The molecule has 6 heteroatoms. The van der Waals surface area contributed by atoms with E-state index in [-0.39, 0.29) is 23.7 Å². The van der Waals surface area contributed by atoms with Gasteiger partial charge in [-0.2, -0.15) is 0 Å². The van der Waals surface area contributed by atoms with Crippen LogP contribution in [0.3, 0.4) is 0 Å². The van der Waals surface area contributed by atoms with Crippen molar-refractivity contribution in [2.75, 3.05) is 21.3 Å². The predicted octanol–water partition coefficient (Wildman–Crippen LogP) is 0.624. The number of carbonyl (C=O) groups is 3. The summed E-state index contributed by atoms with van der Waals surface area (Å²) in [7, 11) is 3.90. The molecule has 0 spiro atoms. The Hall–Kier alpha value is -2.11. The minimum absolute atomic E-state index is 0.0803. The van der Waals surface area contributed by atoms with E-state index in [0.29, 0.717) is 17.6 Å². The third-order valence-corrected chi connectivity index (χ3v) is 4.86. The van der Waals surface area contributed by atoms with Crippen LogP contribution >= 0.6 is 0 Å². The fourth-order valence-corrected chi connectivity index (χ4v) is 3.82. The van der Waals surface area contributed by atoms with Crippen LogP contribution < -0.4 is 0 Å². The number of carbonyl (C=O) groups excluding carboxylic acids is 3. The number of esters is 3. The molecular weight excluding hydrogens is 276 g/mol. The summed E-state index contributed by atoms with van der Waals surface area (Å²) in [5, 5.41) is 0. The molecule has 0 aromatic rings. The fraction of sp³-hybridized carbons (Fsp3) is 0.533. The second-order valence-corrected chi connectivity index (χ2v) is 5.55. The maximum Gasteiger partial charge on any atom is 0.334 e. The van der Waals surface area contributed by atoms with Gasteiger partial charge in [-0.25, -0.2) is 9.59 Å². The van der Waals surface area contributed by atoms with E-state index >= 15 is 0 Å². The van der Waals surface area contributed by atoms with Crippen LogP contribution in [0.5, 0.6) is 0 Å². The van der Waals surface area contributed by atoms with E-state index in [1.54, 1.807) is 12.2 Å². The monoisotopic (exact) mass is 292 g/mol. The molecule has 0 radical (unpaired) electrons. The molecule has 0 aliphatic heterocycles. The van der Waals surface area contributed by atoms with Crippen LogP contribution in [0.15, 0.2) is 23.3 Å². The van der Waals surface area contributed by atoms with Gasteiger partial charge in [0.2, 0.25) is 0 Å². The van der Waals surface area contributed by atoms with E-state index < -0.39 is 17.4 Å². The van der Waals surface area contributed by atoms with Gasteiger partial charge in [-0.15, -0.1) is 0 Å². The molecule has 3 aliphatic carbocycles. The molecule has 0 N–H and O–H groups in total. The smallest absolute Gasteiger partial charge is 0.334 e. The molecule has 2 bridgehead atoms. The third kappa shape index (κ3) is 1.61. The zero-order valence-corrected chi connectivity index (χ0v) is 12.0. The normalized spacial score (nSPS) is 35.1. The van der Waals surface area contributed by atoms with Gasteiger partial charge in [0.05, 0.1) is 26.7 Å². The number of hydrogen-bond donors (Lipinski definition) is 0. The van der Waals surface area contributed by atoms with Crippen molar-refractivity contribution in [2.24, 2.45) is 23.2 Å². The van der Waals surface area contributed by atoms with Gasteiger partial charge in [0.1, 0.15) is 0 Å². The van der Waals surface area contributed by atoms with E-state index in [4.69, 9.17) is 14.2 Å². The number of methoxy groups -OCH3 is 3. The lowest BCUT2D eigenvalue weighted by Crippen LogP contribution is -2.29. The Labute approximate surface area is 121 Å². The van der Waals surface area contributed by atoms with Crippen molar-refractivity contribution in [3.8, 4) is 0 Å². The van der Waals surface area contributed by atoms with Crippen molar-refractivity contribution in [1.82, 2.24) is 0 Å². The minimum Gasteiger partial charge on any atom is -0.468 e. The predicted molar refractivity (Wildman–Crippen MR) is 69.7 cm³/mol. The number of allylic oxidation sites excluding steroid dienone is 1. The molecule has 0 amide bonds. The third-order valence-electron chi connectivity index (χ3n) is 4.86. The molecule has 21 heavy (non-hydrogen) atoms. The molecular formula is C15H16O6. The highest BCUT2D eigenvalue weighted by atomic mass is 16.5. The number of hydrogen-bond acceptors (Lipinski definition) is 6. The molecule has 0 heterocycles. The molecule has 1 fully saturated rings. The fourth-order valence-electron chi connectivity index (χ4n) is 3.82. The van der Waals surface area contributed by atoms with Crippen molar-refractivity contribution in [3.05, 3.63) is 23.3 Å². The summed E-state index contributed by atoms with van der Waals surface area (Å²) < 4.78 is 14.5. The van der Waals surface area contributed by atoms with Crippen molar-refractivity contribution in [3.63, 3.8) is 0 Å². The summed E-state index contributed by atoms with van der Waals surface area (Å²) in [6.07, 6.45) is 3.95. The van der Waals surface area contributed by atoms with Gasteiger partial charge in [0.25, 0.3) is 0 Å². The molecule has 1 unspecified atom stereocenters. The molecule has 112 valence electrons. The van der Waals surface area contributed by atoms with Crippen LogP contribution in [0, 0.1) is 23.2 Å². The zero-order chi connectivity index (χ0) is 15.4. The molecule has 3 aliphatic rings. The van der Waals surface area contributed by atoms with Crippen molar-refractivity contribution in [1.29, 1.82) is 0 Å². The first-order chi connectivity index (χ1) is 10.0. The summed E-state index contributed by atoms with van der Waals surface area (Å²) in [5.41, 5.74) is -0.0562. The molecule has 1 saturated carbocycles. The van der Waals surface area contributed by atoms with Gasteiger partial charge in [0, 0.05) is 23.0 Å². The molecule has 3 rings (SSSR count). The van der Waals surface area contributed by atoms with Crippen LogP contribution in [-0.2, 0) is 28.6 Å². The van der Waals surface area contributed by atoms with E-state index in [0.717, 1.165) is 0 Å². The average Bonchev–Trinajstić information content (AvgIpc) is 3.22. The standard InChI is InChI=1S/C15H16O6/c1-19-12(16)8-5-11-10-4-7(8)9(13(17)20-2)6-15(10,11)14(18)21-3/h5-7,10-11H,4H2,1-3H3/t7-,10+,11?,15-/m1/s1. The number of rotatable bonds is 3. The SMILES string of the molecule is COC(=O)C1=CC2[C@@H]3C[C@H]1C(C(=O)OC)=C[C@]23C(=O)OC. The van der Waals surface area contributed by atoms with Crippen molar-refractivity contribution in [2.45, 2.75) is 6.42 Å². The summed E-state index contributed by atoms with van der Waals surface area (Å²) in [4.78, 5) is 36.1. The summed E-state index contributed by atoms with van der Waals surface area (Å²) >= 11 is 0. The highest BCUT2D eigenvalue weighted by Gasteiger charge is 2.72. The molecule has 0 saturated heterocycles. The number of ether oxygens (including phenoxy) is 3. The maximum absolute atomic E-state index is 12.2. The van der Waals surface area contributed by atoms with Gasteiger partial charge in [-0.05, 0) is 12.3 Å². The van der Waals surface area contributed by atoms with E-state index in [1.807, 2.05) is 0 Å². The van der Waals surface area contributed by atoms with E-state index in [1.165, 1.54) is 21.3 Å². The Bertz CT molecular complexity index is 601. The van der Waals surface area contributed by atoms with E-state index in [2.05, 4.69) is 0 Å². The summed E-state index contributed by atoms with van der Waals surface area (Å²) in [6, 6.07) is 0. The first-order valence-corrected chi connectivity index (χ1v) is 6.70. The van der Waals surface area contributed by atoms with Gasteiger partial charge in [-0.1, -0.05) is 12.2 Å². The lowest BCUT2D eigenvalue weighted by molar-refractivity contribution is -0.146. The molecule has 4 atom stereocenters. The largest absolute Gasteiger partial charge is 0.468 e. The first kappa shape index (κ1) is 13.9. The Morgan fingerprint density at radius 2 is 1.67 bits per heavy atom. The van der Waals surface area contributed by atoms with Crippen molar-refractivity contribution < 1.29 is 28.6 Å². The summed E-state index contributed by atoms with van der Waals surface area (Å²) in [6.45, 7) is 0. The lowest BCUT2D eigenvalue weighted by Gasteiger charge is -2.26. The van der Waals surface area contributed by atoms with Gasteiger partial charge < -0.3 is 14.2 Å². The Morgan fingerprint density at radius 3 is 2.24 bits per heavy atom. The van der Waals surface area contributed by atoms with Crippen LogP contribution in [0.2, 0.25) is 0 Å². The Morgan fingerprint density at radius 1 is 1.05 bits per heavy atom. The van der Waals surface area contributed by atoms with Gasteiger partial charge >= 0.3 is 17.9 Å². The van der Waals surface area contributed by atoms with Crippen molar-refractivity contribution >= 4 is 17.9 Å². The summed E-state index contributed by atoms with van der Waals surface area (Å²) in [5.74, 6) is -1.77. The van der Waals surface area contributed by atoms with Gasteiger partial charge in [0.15, 0.2) is 0 Å². The minimum atomic E-state index is -0.829. The second-order valence-electron chi connectivity index (χ2n) is 5.55. The highest BCUT2D eigenvalue weighted by molar-refractivity contribution is 6.00. The Balaban J connectivity index is 2.10. The zero-order valence-electron chi connectivity index (χ0n) is 12.0. The second kappa shape index (κ2) is 4.44. The molecule has 6 nitrogen and oxygen atoms in total. The van der Waals surface area contributed by atoms with Crippen LogP contribution in [0.4, 0.5) is 0 Å². The van der Waals surface area contributed by atoms with Gasteiger partial charge in [-0.3, -0.25) is 4.79 Å². The topological polar surface area (TPSA) is 78.9 Å². The Kier molecular flexibility index (Phi) is 2.93. The average molecular weight is 292 g/mol. The maximum atomic E-state index is 12.2. The molecule has 0 aromatic carbocycles. The van der Waals surface area contributed by atoms with Crippen LogP contribution in [-0.4, -0.2) is 39.2 Å². The highest BCUT2D eigenvalue weighted by Crippen LogP contribution is 2.70. The first-order valence-electron chi connectivity index (χ1n) is 6.70. The quantitative estimate of drug-likeness (QED) is 0.560. The van der Waals surface area contributed by atoms with Crippen LogP contribution in [0.25, 0.3) is 0 Å². The molecule has 0 aromatic heterocycles. The lowest BCUT2D eigenvalue weighted by atomic mass is 9.78.